The van der Waals surface area contributed by atoms with Crippen molar-refractivity contribution in [3.05, 3.63) is 47.5 Å². The van der Waals surface area contributed by atoms with Crippen LogP contribution >= 0.6 is 24.0 Å². The zero-order valence-corrected chi connectivity index (χ0v) is 21.1. The van der Waals surface area contributed by atoms with Crippen LogP contribution in [-0.4, -0.2) is 40.9 Å². The maximum absolute atomic E-state index is 4.45. The van der Waals surface area contributed by atoms with Crippen LogP contribution in [0.3, 0.4) is 0 Å². The lowest BCUT2D eigenvalue weighted by molar-refractivity contribution is 0.431. The average Bonchev–Trinajstić information content (AvgIpc) is 3.35. The molecule has 0 atom stereocenters. The van der Waals surface area contributed by atoms with Gasteiger partial charge in [0.2, 0.25) is 0 Å². The van der Waals surface area contributed by atoms with Gasteiger partial charge in [-0.25, -0.2) is 0 Å². The molecule has 1 aromatic carbocycles. The monoisotopic (exact) mass is 536 g/mol. The number of hydrogen-bond donors (Lipinski definition) is 2. The maximum Gasteiger partial charge on any atom is 0.191 e. The Morgan fingerprint density at radius 3 is 2.61 bits per heavy atom. The fourth-order valence-corrected chi connectivity index (χ4v) is 5.07. The minimum Gasteiger partial charge on any atom is -0.356 e. The number of aromatic nitrogens is 3. The molecule has 0 unspecified atom stereocenters. The number of halogens is 1. The number of nitrogens with one attached hydrogen (secondary N) is 2. The van der Waals surface area contributed by atoms with Gasteiger partial charge in [-0.05, 0) is 37.7 Å². The molecule has 7 heteroatoms. The van der Waals surface area contributed by atoms with Gasteiger partial charge in [-0.2, -0.15) is 0 Å². The normalized spacial score (nSPS) is 18.0. The average molecular weight is 537 g/mol. The van der Waals surface area contributed by atoms with Crippen molar-refractivity contribution in [2.45, 2.75) is 76.2 Å². The van der Waals surface area contributed by atoms with Crippen molar-refractivity contribution in [1.29, 1.82) is 0 Å². The first-order valence-electron chi connectivity index (χ1n) is 11.7. The smallest absolute Gasteiger partial charge is 0.191 e. The Bertz CT molecular complexity index is 826. The van der Waals surface area contributed by atoms with E-state index in [4.69, 9.17) is 0 Å². The first-order chi connectivity index (χ1) is 14.8. The summed E-state index contributed by atoms with van der Waals surface area (Å²) in [5.41, 5.74) is 1.69. The molecule has 0 spiro atoms. The zero-order chi connectivity index (χ0) is 20.7. The molecule has 0 bridgehead atoms. The largest absolute Gasteiger partial charge is 0.356 e. The number of rotatable bonds is 7. The molecule has 1 fully saturated rings. The van der Waals surface area contributed by atoms with Crippen LogP contribution in [0.25, 0.3) is 0 Å². The number of benzene rings is 1. The summed E-state index contributed by atoms with van der Waals surface area (Å²) in [7, 11) is 1.86. The lowest BCUT2D eigenvalue weighted by Gasteiger charge is -2.30. The van der Waals surface area contributed by atoms with Crippen molar-refractivity contribution in [2.24, 2.45) is 4.99 Å². The Hall–Kier alpha value is -1.64. The van der Waals surface area contributed by atoms with Crippen molar-refractivity contribution in [2.75, 3.05) is 20.1 Å². The summed E-state index contributed by atoms with van der Waals surface area (Å²) in [6, 6.07) is 11.0. The molecule has 1 aliphatic carbocycles. The number of fused-ring (bicyclic) bond motifs is 1. The van der Waals surface area contributed by atoms with E-state index in [2.05, 4.69) is 60.7 Å². The Morgan fingerprint density at radius 2 is 1.84 bits per heavy atom. The van der Waals surface area contributed by atoms with Gasteiger partial charge in [0.25, 0.3) is 0 Å². The second kappa shape index (κ2) is 11.8. The van der Waals surface area contributed by atoms with Crippen molar-refractivity contribution in [3.8, 4) is 0 Å². The SMILES string of the molecule is CN=C(NCCCc1nnc2n1CCCCC2)NCC1(c2ccccc2)CCCC1.I. The highest BCUT2D eigenvalue weighted by atomic mass is 127. The lowest BCUT2D eigenvalue weighted by atomic mass is 9.79. The molecule has 31 heavy (non-hydrogen) atoms. The van der Waals surface area contributed by atoms with E-state index in [1.807, 2.05) is 7.05 Å². The predicted octanol–water partition coefficient (Wildman–Crippen LogP) is 4.23. The molecule has 0 radical (unpaired) electrons. The molecule has 1 aromatic heterocycles. The van der Waals surface area contributed by atoms with Crippen LogP contribution in [0.4, 0.5) is 0 Å². The van der Waals surface area contributed by atoms with E-state index in [9.17, 15) is 0 Å². The van der Waals surface area contributed by atoms with Gasteiger partial charge >= 0.3 is 0 Å². The van der Waals surface area contributed by atoms with Gasteiger partial charge in [0, 0.05) is 44.9 Å². The van der Waals surface area contributed by atoms with E-state index in [-0.39, 0.29) is 29.4 Å². The summed E-state index contributed by atoms with van der Waals surface area (Å²) in [6.45, 7) is 2.91. The van der Waals surface area contributed by atoms with Crippen molar-refractivity contribution < 1.29 is 0 Å². The van der Waals surface area contributed by atoms with Gasteiger partial charge < -0.3 is 15.2 Å². The van der Waals surface area contributed by atoms with E-state index in [1.165, 1.54) is 56.3 Å². The third kappa shape index (κ3) is 5.99. The molecular formula is C24H37IN6. The summed E-state index contributed by atoms with van der Waals surface area (Å²) in [4.78, 5) is 4.45. The third-order valence-electron chi connectivity index (χ3n) is 6.82. The molecule has 0 amide bonds. The van der Waals surface area contributed by atoms with Gasteiger partial charge in [0.05, 0.1) is 0 Å². The summed E-state index contributed by atoms with van der Waals surface area (Å²) in [5.74, 6) is 3.22. The van der Waals surface area contributed by atoms with Gasteiger partial charge in [0.15, 0.2) is 5.96 Å². The Labute approximate surface area is 203 Å². The molecule has 2 aromatic rings. The van der Waals surface area contributed by atoms with Crippen LogP contribution in [0.1, 0.15) is 68.6 Å². The van der Waals surface area contributed by atoms with Crippen LogP contribution in [0.2, 0.25) is 0 Å². The predicted molar refractivity (Wildman–Crippen MR) is 137 cm³/mol. The molecule has 2 N–H and O–H groups in total. The molecule has 2 heterocycles. The lowest BCUT2D eigenvalue weighted by Crippen LogP contribution is -2.45. The number of nitrogens with zero attached hydrogens (tertiary/aromatic N) is 4. The highest BCUT2D eigenvalue weighted by Gasteiger charge is 2.35. The molecule has 2 aliphatic rings. The quantitative estimate of drug-likeness (QED) is 0.241. The third-order valence-corrected chi connectivity index (χ3v) is 6.82. The first-order valence-corrected chi connectivity index (χ1v) is 11.7. The van der Waals surface area contributed by atoms with Crippen LogP contribution in [0.5, 0.6) is 0 Å². The van der Waals surface area contributed by atoms with Gasteiger partial charge in [0.1, 0.15) is 11.6 Å². The Kier molecular flexibility index (Phi) is 9.16. The fourth-order valence-electron chi connectivity index (χ4n) is 5.07. The van der Waals surface area contributed by atoms with Crippen molar-refractivity contribution >= 4 is 29.9 Å². The first kappa shape index (κ1) is 24.0. The Balaban J connectivity index is 0.00000272. The fraction of sp³-hybridized carbons (Fsp3) is 0.625. The summed E-state index contributed by atoms with van der Waals surface area (Å²) < 4.78 is 2.35. The minimum atomic E-state index is 0. The van der Waals surface area contributed by atoms with Crippen molar-refractivity contribution in [3.63, 3.8) is 0 Å². The maximum atomic E-state index is 4.45. The molecule has 1 saturated carbocycles. The Morgan fingerprint density at radius 1 is 1.03 bits per heavy atom. The topological polar surface area (TPSA) is 67.1 Å². The van der Waals surface area contributed by atoms with Crippen LogP contribution in [0.15, 0.2) is 35.3 Å². The number of hydrogen-bond acceptors (Lipinski definition) is 3. The number of aliphatic imine (C=N–C) groups is 1. The van der Waals surface area contributed by atoms with Gasteiger partial charge in [-0.15, -0.1) is 34.2 Å². The van der Waals surface area contributed by atoms with Crippen LogP contribution in [0, 0.1) is 0 Å². The molecule has 170 valence electrons. The van der Waals surface area contributed by atoms with E-state index in [1.54, 1.807) is 0 Å². The summed E-state index contributed by atoms with van der Waals surface area (Å²) in [5, 5.41) is 16.0. The van der Waals surface area contributed by atoms with Gasteiger partial charge in [-0.3, -0.25) is 4.99 Å². The second-order valence-corrected chi connectivity index (χ2v) is 8.80. The number of aryl methyl sites for hydroxylation is 2. The van der Waals surface area contributed by atoms with Gasteiger partial charge in [-0.1, -0.05) is 49.6 Å². The molecule has 0 saturated heterocycles. The van der Waals surface area contributed by atoms with Crippen LogP contribution < -0.4 is 10.6 Å². The van der Waals surface area contributed by atoms with Crippen LogP contribution in [-0.2, 0) is 24.8 Å². The van der Waals surface area contributed by atoms with E-state index < -0.39 is 0 Å². The number of guanidine groups is 1. The minimum absolute atomic E-state index is 0. The highest BCUT2D eigenvalue weighted by Crippen LogP contribution is 2.40. The summed E-state index contributed by atoms with van der Waals surface area (Å²) in [6.07, 6.45) is 12.0. The molecule has 4 rings (SSSR count). The van der Waals surface area contributed by atoms with E-state index in [0.29, 0.717) is 0 Å². The molecule has 6 nitrogen and oxygen atoms in total. The zero-order valence-electron chi connectivity index (χ0n) is 18.8. The van der Waals surface area contributed by atoms with Crippen molar-refractivity contribution in [1.82, 2.24) is 25.4 Å². The summed E-state index contributed by atoms with van der Waals surface area (Å²) >= 11 is 0. The van der Waals surface area contributed by atoms with E-state index >= 15 is 0 Å². The molecule has 1 aliphatic heterocycles. The highest BCUT2D eigenvalue weighted by molar-refractivity contribution is 14.0. The van der Waals surface area contributed by atoms with E-state index in [0.717, 1.165) is 50.7 Å². The molecular weight excluding hydrogens is 499 g/mol. The standard InChI is InChI=1S/C24H36N6.HI/c1-25-23(27-19-24(15-7-8-16-24)20-11-4-2-5-12-20)26-17-10-14-22-29-28-21-13-6-3-9-18-30(21)22;/h2,4-5,11-12H,3,6-10,13-19H2,1H3,(H2,25,26,27);1H. The second-order valence-electron chi connectivity index (χ2n) is 8.80.